The lowest BCUT2D eigenvalue weighted by atomic mass is 10.1. The Labute approximate surface area is 157 Å². The van der Waals surface area contributed by atoms with Crippen molar-refractivity contribution in [1.29, 1.82) is 0 Å². The number of carbonyl (C=O) groups excluding carboxylic acids is 2. The van der Waals surface area contributed by atoms with Crippen molar-refractivity contribution in [3.63, 3.8) is 0 Å². The quantitative estimate of drug-likeness (QED) is 0.599. The highest BCUT2D eigenvalue weighted by atomic mass is 32.2. The van der Waals surface area contributed by atoms with Crippen LogP contribution in [0.2, 0.25) is 0 Å². The van der Waals surface area contributed by atoms with E-state index in [0.29, 0.717) is 11.3 Å². The molecule has 0 fully saturated rings. The summed E-state index contributed by atoms with van der Waals surface area (Å²) in [7, 11) is -3.46. The van der Waals surface area contributed by atoms with Crippen molar-refractivity contribution < 1.29 is 26.8 Å². The molecule has 2 aromatic rings. The summed E-state index contributed by atoms with van der Waals surface area (Å²) in [5.41, 5.74) is 1.84. The van der Waals surface area contributed by atoms with E-state index < -0.39 is 32.5 Å². The normalized spacial score (nSPS) is 19.6. The third-order valence-corrected chi connectivity index (χ3v) is 6.36. The summed E-state index contributed by atoms with van der Waals surface area (Å²) in [5, 5.41) is 2.89. The van der Waals surface area contributed by atoms with Crippen LogP contribution < -0.4 is 5.32 Å². The van der Waals surface area contributed by atoms with Crippen LogP contribution in [-0.4, -0.2) is 35.0 Å². The molecule has 0 aromatic heterocycles. The van der Waals surface area contributed by atoms with E-state index in [9.17, 15) is 26.8 Å². The zero-order chi connectivity index (χ0) is 19.5. The van der Waals surface area contributed by atoms with Gasteiger partial charge in [0.2, 0.25) is 5.78 Å². The Bertz CT molecular complexity index is 1210. The molecule has 1 heterocycles. The van der Waals surface area contributed by atoms with Gasteiger partial charge in [-0.3, -0.25) is 13.8 Å². The Hall–Kier alpha value is -2.62. The lowest BCUT2D eigenvalue weighted by Crippen LogP contribution is -2.10. The maximum Gasteiger partial charge on any atom is 0.211 e. The van der Waals surface area contributed by atoms with Crippen LogP contribution in [-0.2, 0) is 27.3 Å². The molecule has 27 heavy (non-hydrogen) atoms. The molecular weight excluding hydrogens is 390 g/mol. The van der Waals surface area contributed by atoms with Gasteiger partial charge < -0.3 is 9.87 Å². The van der Waals surface area contributed by atoms with Gasteiger partial charge in [0.1, 0.15) is 0 Å². The first-order valence-corrected chi connectivity index (χ1v) is 10.8. The van der Waals surface area contributed by atoms with Crippen LogP contribution in [0.25, 0.3) is 0 Å². The van der Waals surface area contributed by atoms with Gasteiger partial charge >= 0.3 is 0 Å². The van der Waals surface area contributed by atoms with E-state index in [2.05, 4.69) is 5.32 Å². The number of Topliss-reactive ketones (excluding diaryl/α,β-unsaturated/α-hetero) is 2. The first kappa shape index (κ1) is 17.8. The highest BCUT2D eigenvalue weighted by molar-refractivity contribution is 7.90. The van der Waals surface area contributed by atoms with Gasteiger partial charge in [-0.15, -0.1) is 0 Å². The van der Waals surface area contributed by atoms with E-state index in [0.717, 1.165) is 6.26 Å². The number of ketones is 2. The highest BCUT2D eigenvalue weighted by Gasteiger charge is 2.35. The minimum absolute atomic E-state index is 0.0195. The fraction of sp³-hybridized carbons (Fsp3) is 0.111. The molecule has 9 heteroatoms. The van der Waals surface area contributed by atoms with Gasteiger partial charge in [-0.1, -0.05) is 6.07 Å². The molecule has 1 unspecified atom stereocenters. The Balaban J connectivity index is 1.78. The minimum atomic E-state index is -3.46. The van der Waals surface area contributed by atoms with Gasteiger partial charge in [0, 0.05) is 40.0 Å². The monoisotopic (exact) mass is 402 g/mol. The third kappa shape index (κ3) is 2.84. The second-order valence-electron chi connectivity index (χ2n) is 6.35. The lowest BCUT2D eigenvalue weighted by Gasteiger charge is -2.05. The van der Waals surface area contributed by atoms with E-state index in [1.165, 1.54) is 30.3 Å². The van der Waals surface area contributed by atoms with Crippen LogP contribution >= 0.6 is 0 Å². The van der Waals surface area contributed by atoms with Crippen LogP contribution in [0.15, 0.2) is 57.5 Å². The largest absolute Gasteiger partial charge is 0.768 e. The van der Waals surface area contributed by atoms with E-state index in [1.54, 1.807) is 6.07 Å². The first-order valence-electron chi connectivity index (χ1n) is 7.82. The molecule has 0 saturated heterocycles. The van der Waals surface area contributed by atoms with E-state index in [-0.39, 0.29) is 38.6 Å². The Morgan fingerprint density at radius 3 is 2.44 bits per heavy atom. The molecule has 1 N–H and O–H groups in total. The van der Waals surface area contributed by atoms with Crippen LogP contribution in [0.4, 0.5) is 5.69 Å². The Morgan fingerprint density at radius 2 is 1.78 bits per heavy atom. The van der Waals surface area contributed by atoms with Gasteiger partial charge in [0.25, 0.3) is 0 Å². The van der Waals surface area contributed by atoms with E-state index >= 15 is 0 Å². The molecule has 0 spiro atoms. The van der Waals surface area contributed by atoms with Gasteiger partial charge in [0.15, 0.2) is 15.6 Å². The summed E-state index contributed by atoms with van der Waals surface area (Å²) in [6.45, 7) is 0. The van der Waals surface area contributed by atoms with E-state index in [4.69, 9.17) is 0 Å². The number of hydrogen-bond donors (Lipinski definition) is 1. The second kappa shape index (κ2) is 5.95. The molecule has 1 aliphatic carbocycles. The SMILES string of the molecule is CS(=O)(=O)c1ccc2c(c1)C(=O)/C(=C1\Nc3ccc(S(=O)[O-])cc3C1=O)C2. The highest BCUT2D eigenvalue weighted by Crippen LogP contribution is 2.36. The fourth-order valence-corrected chi connectivity index (χ4v) is 4.29. The van der Waals surface area contributed by atoms with Gasteiger partial charge in [-0.25, -0.2) is 8.42 Å². The summed E-state index contributed by atoms with van der Waals surface area (Å²) in [4.78, 5) is 25.5. The molecular formula is C18H12NO6S2-. The summed E-state index contributed by atoms with van der Waals surface area (Å²) in [6, 6.07) is 8.42. The van der Waals surface area contributed by atoms with E-state index in [1.807, 2.05) is 0 Å². The van der Waals surface area contributed by atoms with Crippen molar-refractivity contribution in [3.8, 4) is 0 Å². The third-order valence-electron chi connectivity index (χ3n) is 4.61. The number of rotatable bonds is 2. The predicted octanol–water partition coefficient (Wildman–Crippen LogP) is 1.63. The molecule has 1 atom stereocenters. The van der Waals surface area contributed by atoms with Crippen molar-refractivity contribution in [1.82, 2.24) is 0 Å². The zero-order valence-corrected chi connectivity index (χ0v) is 15.6. The number of sulfone groups is 1. The molecule has 2 aromatic carbocycles. The molecule has 0 radical (unpaired) electrons. The molecule has 2 aliphatic rings. The lowest BCUT2D eigenvalue weighted by molar-refractivity contribution is 0.101. The predicted molar refractivity (Wildman–Crippen MR) is 96.2 cm³/mol. The van der Waals surface area contributed by atoms with Crippen LogP contribution in [0.5, 0.6) is 0 Å². The number of carbonyl (C=O) groups is 2. The number of fused-ring (bicyclic) bond motifs is 2. The second-order valence-corrected chi connectivity index (χ2v) is 9.30. The summed E-state index contributed by atoms with van der Waals surface area (Å²) < 4.78 is 45.7. The van der Waals surface area contributed by atoms with Crippen LogP contribution in [0, 0.1) is 0 Å². The Morgan fingerprint density at radius 1 is 1.04 bits per heavy atom. The summed E-state index contributed by atoms with van der Waals surface area (Å²) in [5.74, 6) is -0.872. The summed E-state index contributed by atoms with van der Waals surface area (Å²) in [6.07, 6.45) is 1.25. The van der Waals surface area contributed by atoms with Gasteiger partial charge in [-0.05, 0) is 47.0 Å². The standard InChI is InChI=1S/C18H13NO6S2/c1-27(24,25)11-4-2-9-6-14(17(20)12(9)8-11)16-18(21)13-7-10(26(22)23)3-5-15(13)19-16/h2-5,7-8,19H,6H2,1H3,(H,22,23)/p-1/b16-14-. The fourth-order valence-electron chi connectivity index (χ4n) is 3.25. The summed E-state index contributed by atoms with van der Waals surface area (Å²) >= 11 is -2.47. The van der Waals surface area contributed by atoms with Crippen LogP contribution in [0.3, 0.4) is 0 Å². The molecule has 0 saturated carbocycles. The van der Waals surface area contributed by atoms with Crippen molar-refractivity contribution in [2.24, 2.45) is 0 Å². The van der Waals surface area contributed by atoms with Gasteiger partial charge in [0.05, 0.1) is 10.6 Å². The Kier molecular flexibility index (Phi) is 3.91. The molecule has 1 aliphatic heterocycles. The van der Waals surface area contributed by atoms with Crippen molar-refractivity contribution in [2.45, 2.75) is 16.2 Å². The zero-order valence-electron chi connectivity index (χ0n) is 13.9. The number of allylic oxidation sites excluding steroid dienone is 2. The number of anilines is 1. The van der Waals surface area contributed by atoms with Gasteiger partial charge in [-0.2, -0.15) is 0 Å². The first-order chi connectivity index (χ1) is 12.7. The topological polar surface area (TPSA) is 120 Å². The molecule has 0 amide bonds. The molecule has 4 rings (SSSR count). The van der Waals surface area contributed by atoms with Crippen molar-refractivity contribution in [3.05, 3.63) is 64.4 Å². The molecule has 0 bridgehead atoms. The molecule has 138 valence electrons. The number of benzene rings is 2. The van der Waals surface area contributed by atoms with Crippen molar-refractivity contribution in [2.75, 3.05) is 11.6 Å². The average molecular weight is 402 g/mol. The maximum atomic E-state index is 12.8. The van der Waals surface area contributed by atoms with Crippen molar-refractivity contribution >= 4 is 38.2 Å². The average Bonchev–Trinajstić information content (AvgIpc) is 3.11. The number of nitrogens with one attached hydrogen (secondary N) is 1. The van der Waals surface area contributed by atoms with Crippen LogP contribution in [0.1, 0.15) is 26.3 Å². The smallest absolute Gasteiger partial charge is 0.211 e. The minimum Gasteiger partial charge on any atom is -0.768 e. The number of hydrogen-bond acceptors (Lipinski definition) is 7. The maximum absolute atomic E-state index is 12.8. The molecule has 7 nitrogen and oxygen atoms in total.